The molecule has 0 aliphatic heterocycles. The molecule has 11 heavy (non-hydrogen) atoms. The third kappa shape index (κ3) is 1.54. The number of H-pyrrole nitrogens is 2. The maximum Gasteiger partial charge on any atom is 0.352 e. The Morgan fingerprint density at radius 3 is 2.64 bits per heavy atom. The van der Waals surface area contributed by atoms with Crippen molar-refractivity contribution < 1.29 is 9.90 Å². The number of carboxylic acids is 1. The summed E-state index contributed by atoms with van der Waals surface area (Å²) in [6, 6.07) is 0.795. The number of hydrogen-bond acceptors (Lipinski definition) is 3. The van der Waals surface area contributed by atoms with Gasteiger partial charge in [-0.1, -0.05) is 0 Å². The van der Waals surface area contributed by atoms with E-state index in [-0.39, 0.29) is 0 Å². The summed E-state index contributed by atoms with van der Waals surface area (Å²) in [4.78, 5) is 34.9. The van der Waals surface area contributed by atoms with Crippen LogP contribution in [-0.2, 0) is 0 Å². The Morgan fingerprint density at radius 2 is 2.18 bits per heavy atom. The Bertz CT molecular complexity index is 360. The van der Waals surface area contributed by atoms with E-state index in [4.69, 9.17) is 5.11 Å². The number of aromatic nitrogens is 2. The van der Waals surface area contributed by atoms with Gasteiger partial charge in [-0.3, -0.25) is 9.78 Å². The highest BCUT2D eigenvalue weighted by Crippen LogP contribution is 1.81. The molecule has 0 fully saturated rings. The van der Waals surface area contributed by atoms with E-state index in [1.807, 2.05) is 9.97 Å². The Labute approximate surface area is 59.5 Å². The SMILES string of the molecule is O=C(O)[14c]1cc(=O)[nH]c(=O)[nH]1. The Kier molecular flexibility index (Phi) is 1.59. The molecule has 3 N–H and O–H groups in total. The van der Waals surface area contributed by atoms with Gasteiger partial charge in [0.1, 0.15) is 5.69 Å². The summed E-state index contributed by atoms with van der Waals surface area (Å²) in [5.74, 6) is -1.34. The zero-order chi connectivity index (χ0) is 8.43. The van der Waals surface area contributed by atoms with Gasteiger partial charge in [0.25, 0.3) is 5.56 Å². The Balaban J connectivity index is 3.42. The van der Waals surface area contributed by atoms with Crippen LogP contribution in [0.1, 0.15) is 10.5 Å². The van der Waals surface area contributed by atoms with E-state index < -0.39 is 22.9 Å². The van der Waals surface area contributed by atoms with Gasteiger partial charge < -0.3 is 10.1 Å². The summed E-state index contributed by atoms with van der Waals surface area (Å²) in [6.45, 7) is 0. The maximum atomic E-state index is 10.5. The quantitative estimate of drug-likeness (QED) is 0.475. The minimum Gasteiger partial charge on any atom is -0.477 e. The lowest BCUT2D eigenvalue weighted by Crippen LogP contribution is -2.24. The molecule has 0 unspecified atom stereocenters. The van der Waals surface area contributed by atoms with Gasteiger partial charge in [-0.05, 0) is 0 Å². The fraction of sp³-hybridized carbons (Fsp3) is 0. The molecule has 0 saturated heterocycles. The highest BCUT2D eigenvalue weighted by atomic mass is 16.4. The lowest BCUT2D eigenvalue weighted by atomic mass is 10.8. The van der Waals surface area contributed by atoms with Gasteiger partial charge in [0.05, 0.1) is 0 Å². The fourth-order valence-corrected chi connectivity index (χ4v) is 0.584. The van der Waals surface area contributed by atoms with Crippen LogP contribution in [0.2, 0.25) is 0 Å². The van der Waals surface area contributed by atoms with Gasteiger partial charge in [0.15, 0.2) is 0 Å². The van der Waals surface area contributed by atoms with E-state index in [1.54, 1.807) is 0 Å². The lowest BCUT2D eigenvalue weighted by molar-refractivity contribution is 0.0689. The van der Waals surface area contributed by atoms with Crippen LogP contribution in [0.25, 0.3) is 0 Å². The normalized spacial score (nSPS) is 9.45. The van der Waals surface area contributed by atoms with Crippen LogP contribution in [0.15, 0.2) is 15.7 Å². The van der Waals surface area contributed by atoms with Crippen molar-refractivity contribution in [2.75, 3.05) is 0 Å². The van der Waals surface area contributed by atoms with Crippen molar-refractivity contribution in [3.05, 3.63) is 32.6 Å². The topological polar surface area (TPSA) is 103 Å². The lowest BCUT2D eigenvalue weighted by Gasteiger charge is -1.89. The molecular weight excluding hydrogens is 154 g/mol. The number of aromatic carboxylic acids is 1. The fourth-order valence-electron chi connectivity index (χ4n) is 0.584. The third-order valence-electron chi connectivity index (χ3n) is 0.991. The largest absolute Gasteiger partial charge is 0.477 e. The van der Waals surface area contributed by atoms with Gasteiger partial charge in [-0.25, -0.2) is 9.59 Å². The summed E-state index contributed by atoms with van der Waals surface area (Å²) < 4.78 is 0. The van der Waals surface area contributed by atoms with Gasteiger partial charge in [-0.15, -0.1) is 0 Å². The molecule has 0 aliphatic rings. The molecule has 58 valence electrons. The predicted octanol–water partition coefficient (Wildman–Crippen LogP) is -1.24. The van der Waals surface area contributed by atoms with Crippen molar-refractivity contribution in [2.24, 2.45) is 0 Å². The van der Waals surface area contributed by atoms with Crippen LogP contribution in [-0.4, -0.2) is 21.0 Å². The smallest absolute Gasteiger partial charge is 0.352 e. The summed E-state index contributed by atoms with van der Waals surface area (Å²) >= 11 is 0. The van der Waals surface area contributed by atoms with Crippen molar-refractivity contribution in [1.82, 2.24) is 9.97 Å². The molecule has 1 rings (SSSR count). The minimum atomic E-state index is -1.34. The molecular formula is C5H4N2O4. The van der Waals surface area contributed by atoms with Gasteiger partial charge in [0, 0.05) is 6.07 Å². The number of nitrogens with one attached hydrogen (secondary N) is 2. The molecule has 0 saturated carbocycles. The highest BCUT2D eigenvalue weighted by Gasteiger charge is 2.03. The second-order valence-corrected chi connectivity index (χ2v) is 1.81. The van der Waals surface area contributed by atoms with Crippen LogP contribution < -0.4 is 11.2 Å². The summed E-state index contributed by atoms with van der Waals surface area (Å²) in [7, 11) is 0. The molecule has 0 aromatic carbocycles. The molecule has 0 atom stereocenters. The van der Waals surface area contributed by atoms with E-state index in [0.717, 1.165) is 6.07 Å². The molecule has 0 spiro atoms. The van der Waals surface area contributed by atoms with Crippen molar-refractivity contribution in [3.63, 3.8) is 0 Å². The second-order valence-electron chi connectivity index (χ2n) is 1.81. The van der Waals surface area contributed by atoms with Crippen molar-refractivity contribution in [3.8, 4) is 0 Å². The molecule has 0 radical (unpaired) electrons. The van der Waals surface area contributed by atoms with Crippen LogP contribution >= 0.6 is 0 Å². The predicted molar refractivity (Wildman–Crippen MR) is 34.6 cm³/mol. The summed E-state index contributed by atoms with van der Waals surface area (Å²) in [5.41, 5.74) is -1.97. The zero-order valence-electron chi connectivity index (χ0n) is 5.25. The molecule has 1 heterocycles. The maximum absolute atomic E-state index is 10.5. The van der Waals surface area contributed by atoms with Crippen molar-refractivity contribution in [2.45, 2.75) is 0 Å². The first-order chi connectivity index (χ1) is 5.09. The molecule has 1 aromatic heterocycles. The number of hydrogen-bond donors (Lipinski definition) is 3. The van der Waals surface area contributed by atoms with Crippen LogP contribution in [0.5, 0.6) is 0 Å². The van der Waals surface area contributed by atoms with E-state index in [0.29, 0.717) is 0 Å². The minimum absolute atomic E-state index is 0.418. The molecule has 6 heteroatoms. The van der Waals surface area contributed by atoms with E-state index in [2.05, 4.69) is 0 Å². The van der Waals surface area contributed by atoms with Crippen molar-refractivity contribution >= 4 is 5.97 Å². The third-order valence-corrected chi connectivity index (χ3v) is 0.991. The van der Waals surface area contributed by atoms with Crippen LogP contribution in [0, 0.1) is 0 Å². The second kappa shape index (κ2) is 2.41. The molecule has 1 aromatic rings. The van der Waals surface area contributed by atoms with Crippen molar-refractivity contribution in [1.29, 1.82) is 0 Å². The number of aromatic amines is 2. The summed E-state index contributed by atoms with van der Waals surface area (Å²) in [6.07, 6.45) is 0. The van der Waals surface area contributed by atoms with Gasteiger partial charge in [0.2, 0.25) is 0 Å². The van der Waals surface area contributed by atoms with E-state index in [9.17, 15) is 14.4 Å². The summed E-state index contributed by atoms with van der Waals surface area (Å²) in [5, 5.41) is 8.31. The number of rotatable bonds is 1. The monoisotopic (exact) mass is 158 g/mol. The molecule has 6 nitrogen and oxygen atoms in total. The highest BCUT2D eigenvalue weighted by molar-refractivity contribution is 5.84. The van der Waals surface area contributed by atoms with Gasteiger partial charge >= 0.3 is 11.7 Å². The average molecular weight is 158 g/mol. The van der Waals surface area contributed by atoms with E-state index >= 15 is 0 Å². The first kappa shape index (κ1) is 7.26. The van der Waals surface area contributed by atoms with E-state index in [1.165, 1.54) is 0 Å². The van der Waals surface area contributed by atoms with Crippen LogP contribution in [0.3, 0.4) is 0 Å². The Hall–Kier alpha value is -1.85. The first-order valence-corrected chi connectivity index (χ1v) is 2.66. The number of carboxylic acid groups (broad SMARTS) is 1. The molecule has 0 amide bonds. The molecule has 0 aliphatic carbocycles. The average Bonchev–Trinajstić information content (AvgIpc) is 1.85. The zero-order valence-corrected chi connectivity index (χ0v) is 5.25. The van der Waals surface area contributed by atoms with Crippen LogP contribution in [0.4, 0.5) is 0 Å². The Morgan fingerprint density at radius 1 is 1.55 bits per heavy atom. The molecule has 0 bridgehead atoms. The standard InChI is InChI=1S/C5H4N2O4/c8-3-1-2(4(9)10)6-5(11)7-3/h1H,(H,9,10)(H2,6,7,8,11)/i2+2. The van der Waals surface area contributed by atoms with Gasteiger partial charge in [-0.2, -0.15) is 0 Å². The number of carbonyl (C=O) groups is 1. The first-order valence-electron chi connectivity index (χ1n) is 2.66.